The monoisotopic (exact) mass is 187 g/mol. The maximum Gasteiger partial charge on any atom is 0.252 e. The molecular formula is C8H11F2N3. The molecule has 1 aliphatic rings. The van der Waals surface area contributed by atoms with Gasteiger partial charge >= 0.3 is 0 Å². The van der Waals surface area contributed by atoms with Crippen molar-refractivity contribution in [3.05, 3.63) is 11.3 Å². The maximum atomic E-state index is 13.0. The Hall–Kier alpha value is -1.13. The van der Waals surface area contributed by atoms with Crippen LogP contribution in [0.15, 0.2) is 0 Å². The molecule has 5 heteroatoms. The zero-order valence-electron chi connectivity index (χ0n) is 7.35. The van der Waals surface area contributed by atoms with Gasteiger partial charge in [-0.15, -0.1) is 0 Å². The Bertz CT molecular complexity index is 343. The van der Waals surface area contributed by atoms with Crippen LogP contribution in [-0.4, -0.2) is 15.7 Å². The molecule has 0 spiro atoms. The van der Waals surface area contributed by atoms with Gasteiger partial charge in [0.05, 0.1) is 5.69 Å². The lowest BCUT2D eigenvalue weighted by atomic mass is 9.94. The first-order valence-corrected chi connectivity index (χ1v) is 4.18. The number of rotatable bonds is 0. The maximum absolute atomic E-state index is 13.0. The van der Waals surface area contributed by atoms with Crippen molar-refractivity contribution in [3.8, 4) is 0 Å². The minimum Gasteiger partial charge on any atom is -0.384 e. The minimum atomic E-state index is -2.61. The summed E-state index contributed by atoms with van der Waals surface area (Å²) in [5, 5.41) is 4.07. The van der Waals surface area contributed by atoms with Crippen LogP contribution in [0.25, 0.3) is 0 Å². The van der Waals surface area contributed by atoms with Gasteiger partial charge in [0.15, 0.2) is 0 Å². The zero-order chi connectivity index (χ0) is 9.64. The average Bonchev–Trinajstić information content (AvgIpc) is 2.29. The highest BCUT2D eigenvalue weighted by Gasteiger charge is 2.36. The first-order valence-electron chi connectivity index (χ1n) is 4.18. The van der Waals surface area contributed by atoms with E-state index in [0.717, 1.165) is 5.69 Å². The van der Waals surface area contributed by atoms with Gasteiger partial charge in [-0.05, 0) is 6.42 Å². The van der Waals surface area contributed by atoms with Gasteiger partial charge < -0.3 is 5.73 Å². The average molecular weight is 187 g/mol. The van der Waals surface area contributed by atoms with E-state index in [-0.39, 0.29) is 12.8 Å². The summed E-state index contributed by atoms with van der Waals surface area (Å²) >= 11 is 0. The minimum absolute atomic E-state index is 0.115. The predicted molar refractivity (Wildman–Crippen MR) is 44.6 cm³/mol. The molecule has 0 amide bonds. The third-order valence-corrected chi connectivity index (χ3v) is 2.44. The lowest BCUT2D eigenvalue weighted by Gasteiger charge is -2.20. The number of aromatic nitrogens is 2. The molecule has 0 unspecified atom stereocenters. The number of nitrogens with two attached hydrogens (primary N) is 1. The topological polar surface area (TPSA) is 43.8 Å². The molecule has 13 heavy (non-hydrogen) atoms. The smallest absolute Gasteiger partial charge is 0.252 e. The summed E-state index contributed by atoms with van der Waals surface area (Å²) in [4.78, 5) is 0. The standard InChI is InChI=1S/C8H11F2N3/c1-13-7(11)5-4-8(9,10)3-2-6(5)12-13/h2-4,11H2,1H3. The first kappa shape index (κ1) is 8.47. The summed E-state index contributed by atoms with van der Waals surface area (Å²) in [5.41, 5.74) is 6.87. The van der Waals surface area contributed by atoms with E-state index in [1.807, 2.05) is 0 Å². The van der Waals surface area contributed by atoms with E-state index in [0.29, 0.717) is 17.8 Å². The quantitative estimate of drug-likeness (QED) is 0.661. The fraction of sp³-hybridized carbons (Fsp3) is 0.625. The molecule has 0 atom stereocenters. The lowest BCUT2D eigenvalue weighted by molar-refractivity contribution is -0.0123. The molecule has 3 nitrogen and oxygen atoms in total. The highest BCUT2D eigenvalue weighted by molar-refractivity contribution is 5.45. The van der Waals surface area contributed by atoms with Gasteiger partial charge in [0.2, 0.25) is 0 Å². The van der Waals surface area contributed by atoms with Crippen LogP contribution in [0.4, 0.5) is 14.6 Å². The van der Waals surface area contributed by atoms with Crippen LogP contribution in [0.5, 0.6) is 0 Å². The SMILES string of the molecule is Cn1nc2c(c1N)CC(F)(F)CC2. The van der Waals surface area contributed by atoms with Crippen molar-refractivity contribution in [1.29, 1.82) is 0 Å². The van der Waals surface area contributed by atoms with Gasteiger partial charge in [-0.3, -0.25) is 4.68 Å². The fourth-order valence-corrected chi connectivity index (χ4v) is 1.68. The molecular weight excluding hydrogens is 176 g/mol. The largest absolute Gasteiger partial charge is 0.384 e. The van der Waals surface area contributed by atoms with Crippen LogP contribution in [0.1, 0.15) is 17.7 Å². The van der Waals surface area contributed by atoms with Crippen LogP contribution in [-0.2, 0) is 19.9 Å². The van der Waals surface area contributed by atoms with Crippen molar-refractivity contribution in [2.24, 2.45) is 7.05 Å². The molecule has 1 aromatic rings. The Morgan fingerprint density at radius 2 is 2.23 bits per heavy atom. The van der Waals surface area contributed by atoms with Gasteiger partial charge in [0.25, 0.3) is 5.92 Å². The third-order valence-electron chi connectivity index (χ3n) is 2.44. The number of halogens is 2. The number of hydrogen-bond acceptors (Lipinski definition) is 2. The number of anilines is 1. The number of alkyl halides is 2. The Morgan fingerprint density at radius 3 is 2.92 bits per heavy atom. The number of nitrogens with zero attached hydrogens (tertiary/aromatic N) is 2. The van der Waals surface area contributed by atoms with Crippen molar-refractivity contribution < 1.29 is 8.78 Å². The third kappa shape index (κ3) is 1.28. The van der Waals surface area contributed by atoms with E-state index >= 15 is 0 Å². The Morgan fingerprint density at radius 1 is 1.54 bits per heavy atom. The highest BCUT2D eigenvalue weighted by Crippen LogP contribution is 2.34. The van der Waals surface area contributed by atoms with E-state index in [4.69, 9.17) is 5.73 Å². The van der Waals surface area contributed by atoms with E-state index < -0.39 is 5.92 Å². The van der Waals surface area contributed by atoms with Gasteiger partial charge in [0, 0.05) is 25.5 Å². The molecule has 1 aliphatic carbocycles. The molecule has 2 rings (SSSR count). The number of hydrogen-bond donors (Lipinski definition) is 1. The van der Waals surface area contributed by atoms with Crippen molar-refractivity contribution in [2.45, 2.75) is 25.2 Å². The summed E-state index contributed by atoms with van der Waals surface area (Å²) in [6.07, 6.45) is -0.0498. The summed E-state index contributed by atoms with van der Waals surface area (Å²) in [6, 6.07) is 0. The van der Waals surface area contributed by atoms with Crippen molar-refractivity contribution in [3.63, 3.8) is 0 Å². The molecule has 0 saturated carbocycles. The number of aryl methyl sites for hydroxylation is 2. The van der Waals surface area contributed by atoms with E-state index in [9.17, 15) is 8.78 Å². The lowest BCUT2D eigenvalue weighted by Crippen LogP contribution is -2.25. The second kappa shape index (κ2) is 2.43. The number of nitrogen functional groups attached to an aromatic ring is 1. The van der Waals surface area contributed by atoms with Gasteiger partial charge in [-0.1, -0.05) is 0 Å². The molecule has 1 heterocycles. The molecule has 0 saturated heterocycles. The van der Waals surface area contributed by atoms with Crippen LogP contribution in [0.3, 0.4) is 0 Å². The molecule has 0 aromatic carbocycles. The first-order chi connectivity index (χ1) is 5.99. The summed E-state index contributed by atoms with van der Waals surface area (Å²) < 4.78 is 27.4. The zero-order valence-corrected chi connectivity index (χ0v) is 7.35. The van der Waals surface area contributed by atoms with E-state index in [1.165, 1.54) is 4.68 Å². The van der Waals surface area contributed by atoms with Crippen molar-refractivity contribution in [2.75, 3.05) is 5.73 Å². The van der Waals surface area contributed by atoms with E-state index in [1.54, 1.807) is 7.05 Å². The summed E-state index contributed by atoms with van der Waals surface area (Å²) in [5.74, 6) is -2.24. The molecule has 0 radical (unpaired) electrons. The van der Waals surface area contributed by atoms with Gasteiger partial charge in [0.1, 0.15) is 5.82 Å². The highest BCUT2D eigenvalue weighted by atomic mass is 19.3. The second-order valence-corrected chi connectivity index (χ2v) is 3.47. The molecule has 2 N–H and O–H groups in total. The predicted octanol–water partition coefficient (Wildman–Crippen LogP) is 1.13. The van der Waals surface area contributed by atoms with Gasteiger partial charge in [-0.25, -0.2) is 8.78 Å². The Kier molecular flexibility index (Phi) is 1.58. The van der Waals surface area contributed by atoms with Crippen LogP contribution in [0, 0.1) is 0 Å². The Labute approximate surface area is 74.5 Å². The molecule has 0 fully saturated rings. The second-order valence-electron chi connectivity index (χ2n) is 3.47. The molecule has 1 aromatic heterocycles. The van der Waals surface area contributed by atoms with Crippen molar-refractivity contribution >= 4 is 5.82 Å². The van der Waals surface area contributed by atoms with E-state index in [2.05, 4.69) is 5.10 Å². The fourth-order valence-electron chi connectivity index (χ4n) is 1.68. The molecule has 0 bridgehead atoms. The number of fused-ring (bicyclic) bond motifs is 1. The summed E-state index contributed by atoms with van der Waals surface area (Å²) in [6.45, 7) is 0. The summed E-state index contributed by atoms with van der Waals surface area (Å²) in [7, 11) is 1.67. The van der Waals surface area contributed by atoms with Crippen LogP contribution in [0.2, 0.25) is 0 Å². The van der Waals surface area contributed by atoms with Crippen LogP contribution >= 0.6 is 0 Å². The molecule has 72 valence electrons. The normalized spacial score (nSPS) is 19.9. The molecule has 0 aliphatic heterocycles. The Balaban J connectivity index is 2.44. The van der Waals surface area contributed by atoms with Crippen molar-refractivity contribution in [1.82, 2.24) is 9.78 Å². The van der Waals surface area contributed by atoms with Crippen LogP contribution < -0.4 is 5.73 Å². The van der Waals surface area contributed by atoms with Gasteiger partial charge in [-0.2, -0.15) is 5.10 Å².